The number of thiazole rings is 1. The second kappa shape index (κ2) is 6.82. The van der Waals surface area contributed by atoms with Crippen LogP contribution >= 0.6 is 11.3 Å². The van der Waals surface area contributed by atoms with Crippen LogP contribution in [0.2, 0.25) is 0 Å². The van der Waals surface area contributed by atoms with Crippen molar-refractivity contribution in [2.24, 2.45) is 0 Å². The number of aromatic carboxylic acids is 1. The molecule has 1 aliphatic heterocycles. The fourth-order valence-corrected chi connectivity index (χ4v) is 4.27. The number of carboxylic acid groups (broad SMARTS) is 1. The Hall–Kier alpha value is -2.44. The Morgan fingerprint density at radius 2 is 1.76 bits per heavy atom. The molecule has 1 N–H and O–H groups in total. The van der Waals surface area contributed by atoms with E-state index in [1.54, 1.807) is 23.5 Å². The van der Waals surface area contributed by atoms with Crippen molar-refractivity contribution in [3.05, 3.63) is 59.1 Å². The van der Waals surface area contributed by atoms with Gasteiger partial charge in [-0.25, -0.2) is 9.78 Å². The summed E-state index contributed by atoms with van der Waals surface area (Å²) in [5.41, 5.74) is 2.26. The van der Waals surface area contributed by atoms with Crippen molar-refractivity contribution in [2.45, 2.75) is 6.54 Å². The molecule has 1 aromatic heterocycles. The lowest BCUT2D eigenvalue weighted by atomic mass is 10.1. The highest BCUT2D eigenvalue weighted by Crippen LogP contribution is 2.25. The Bertz CT molecular complexity index is 867. The zero-order valence-electron chi connectivity index (χ0n) is 13.8. The van der Waals surface area contributed by atoms with Crippen molar-refractivity contribution in [1.29, 1.82) is 0 Å². The molecule has 0 saturated carbocycles. The zero-order valence-corrected chi connectivity index (χ0v) is 14.6. The number of nitrogens with zero attached hydrogens (tertiary/aromatic N) is 3. The van der Waals surface area contributed by atoms with E-state index in [-0.39, 0.29) is 0 Å². The molecule has 5 nitrogen and oxygen atoms in total. The molecule has 25 heavy (non-hydrogen) atoms. The summed E-state index contributed by atoms with van der Waals surface area (Å²) in [6, 6.07) is 15.5. The SMILES string of the molecule is O=C(O)c1ccccc1N1CCN(Cc2nc3ccccc3s2)CC1. The number of carbonyl (C=O) groups is 1. The van der Waals surface area contributed by atoms with E-state index in [9.17, 15) is 9.90 Å². The lowest BCUT2D eigenvalue weighted by Crippen LogP contribution is -2.46. The molecule has 1 saturated heterocycles. The summed E-state index contributed by atoms with van der Waals surface area (Å²) in [5.74, 6) is -0.868. The van der Waals surface area contributed by atoms with E-state index in [0.29, 0.717) is 5.56 Å². The number of carboxylic acids is 1. The average molecular weight is 353 g/mol. The molecule has 0 bridgehead atoms. The average Bonchev–Trinajstić information content (AvgIpc) is 3.04. The smallest absolute Gasteiger partial charge is 0.337 e. The number of rotatable bonds is 4. The fraction of sp³-hybridized carbons (Fsp3) is 0.263. The lowest BCUT2D eigenvalue weighted by molar-refractivity contribution is 0.0697. The molecule has 0 spiro atoms. The Kier molecular flexibility index (Phi) is 4.38. The van der Waals surface area contributed by atoms with E-state index in [1.165, 1.54) is 4.70 Å². The van der Waals surface area contributed by atoms with E-state index in [4.69, 9.17) is 4.98 Å². The highest BCUT2D eigenvalue weighted by molar-refractivity contribution is 7.18. The molecule has 3 aromatic rings. The Balaban J connectivity index is 1.42. The van der Waals surface area contributed by atoms with Gasteiger partial charge < -0.3 is 10.0 Å². The van der Waals surface area contributed by atoms with Crippen LogP contribution in [0.4, 0.5) is 5.69 Å². The topological polar surface area (TPSA) is 56.7 Å². The van der Waals surface area contributed by atoms with E-state index in [1.807, 2.05) is 24.3 Å². The first-order valence-electron chi connectivity index (χ1n) is 8.35. The largest absolute Gasteiger partial charge is 0.478 e. The molecular weight excluding hydrogens is 334 g/mol. The quantitative estimate of drug-likeness (QED) is 0.780. The van der Waals surface area contributed by atoms with Crippen LogP contribution in [0.15, 0.2) is 48.5 Å². The number of benzene rings is 2. The van der Waals surface area contributed by atoms with Crippen LogP contribution in [-0.4, -0.2) is 47.1 Å². The third-order valence-corrected chi connectivity index (χ3v) is 5.57. The first-order valence-corrected chi connectivity index (χ1v) is 9.16. The third kappa shape index (κ3) is 3.36. The molecule has 6 heteroatoms. The van der Waals surface area contributed by atoms with Gasteiger partial charge in [0.05, 0.1) is 28.0 Å². The van der Waals surface area contributed by atoms with Gasteiger partial charge in [0.15, 0.2) is 0 Å². The van der Waals surface area contributed by atoms with Gasteiger partial charge in [0.25, 0.3) is 0 Å². The number of piperazine rings is 1. The van der Waals surface area contributed by atoms with Crippen molar-refractivity contribution >= 4 is 33.2 Å². The summed E-state index contributed by atoms with van der Waals surface area (Å²) in [5, 5.41) is 10.5. The summed E-state index contributed by atoms with van der Waals surface area (Å²) in [6.45, 7) is 4.33. The molecule has 2 aromatic carbocycles. The maximum Gasteiger partial charge on any atom is 0.337 e. The summed E-state index contributed by atoms with van der Waals surface area (Å²) in [6.07, 6.45) is 0. The molecule has 0 radical (unpaired) electrons. The number of fused-ring (bicyclic) bond motifs is 1. The summed E-state index contributed by atoms with van der Waals surface area (Å²) in [7, 11) is 0. The van der Waals surface area contributed by atoms with Crippen molar-refractivity contribution in [3.63, 3.8) is 0 Å². The van der Waals surface area contributed by atoms with Crippen molar-refractivity contribution in [1.82, 2.24) is 9.88 Å². The second-order valence-electron chi connectivity index (χ2n) is 6.16. The normalized spacial score (nSPS) is 15.6. The lowest BCUT2D eigenvalue weighted by Gasteiger charge is -2.36. The molecular formula is C19H19N3O2S. The fourth-order valence-electron chi connectivity index (χ4n) is 3.26. The summed E-state index contributed by atoms with van der Waals surface area (Å²) in [4.78, 5) is 20.7. The van der Waals surface area contributed by atoms with Gasteiger partial charge in [-0.2, -0.15) is 0 Å². The maximum absolute atomic E-state index is 11.4. The van der Waals surface area contributed by atoms with E-state index >= 15 is 0 Å². The summed E-state index contributed by atoms with van der Waals surface area (Å²) >= 11 is 1.75. The number of hydrogen-bond donors (Lipinski definition) is 1. The first kappa shape index (κ1) is 16.1. The van der Waals surface area contributed by atoms with Crippen LogP contribution in [0.3, 0.4) is 0 Å². The van der Waals surface area contributed by atoms with Gasteiger partial charge >= 0.3 is 5.97 Å². The van der Waals surface area contributed by atoms with Gasteiger partial charge in [-0.05, 0) is 24.3 Å². The Morgan fingerprint density at radius 1 is 1.04 bits per heavy atom. The molecule has 0 atom stereocenters. The molecule has 0 unspecified atom stereocenters. The standard InChI is InChI=1S/C19H19N3O2S/c23-19(24)14-5-1-3-7-16(14)22-11-9-21(10-12-22)13-18-20-15-6-2-4-8-17(15)25-18/h1-8H,9-13H2,(H,23,24). The van der Waals surface area contributed by atoms with Gasteiger partial charge in [0.2, 0.25) is 0 Å². The van der Waals surface area contributed by atoms with Crippen LogP contribution in [0.25, 0.3) is 10.2 Å². The number of aromatic nitrogens is 1. The number of anilines is 1. The van der Waals surface area contributed by atoms with Crippen LogP contribution in [-0.2, 0) is 6.54 Å². The number of para-hydroxylation sites is 2. The Morgan fingerprint density at radius 3 is 2.52 bits per heavy atom. The molecule has 0 aliphatic carbocycles. The highest BCUT2D eigenvalue weighted by atomic mass is 32.1. The van der Waals surface area contributed by atoms with Crippen LogP contribution in [0.5, 0.6) is 0 Å². The van der Waals surface area contributed by atoms with Crippen LogP contribution < -0.4 is 4.90 Å². The van der Waals surface area contributed by atoms with Gasteiger partial charge in [0, 0.05) is 26.2 Å². The minimum atomic E-state index is -0.868. The van der Waals surface area contributed by atoms with Crippen molar-refractivity contribution in [3.8, 4) is 0 Å². The minimum Gasteiger partial charge on any atom is -0.478 e. The van der Waals surface area contributed by atoms with Gasteiger partial charge in [-0.15, -0.1) is 11.3 Å². The molecule has 4 rings (SSSR count). The second-order valence-corrected chi connectivity index (χ2v) is 7.28. The number of hydrogen-bond acceptors (Lipinski definition) is 5. The van der Waals surface area contributed by atoms with Gasteiger partial charge in [-0.1, -0.05) is 24.3 Å². The predicted octanol–water partition coefficient (Wildman–Crippen LogP) is 3.32. The molecule has 1 aliphatic rings. The zero-order chi connectivity index (χ0) is 17.2. The summed E-state index contributed by atoms with van der Waals surface area (Å²) < 4.78 is 1.23. The molecule has 1 fully saturated rings. The van der Waals surface area contributed by atoms with Gasteiger partial charge in [0.1, 0.15) is 5.01 Å². The third-order valence-electron chi connectivity index (χ3n) is 4.54. The van der Waals surface area contributed by atoms with Gasteiger partial charge in [-0.3, -0.25) is 4.90 Å². The van der Waals surface area contributed by atoms with Crippen molar-refractivity contribution < 1.29 is 9.90 Å². The minimum absolute atomic E-state index is 0.377. The molecule has 2 heterocycles. The monoisotopic (exact) mass is 353 g/mol. The van der Waals surface area contributed by atoms with E-state index in [2.05, 4.69) is 21.9 Å². The van der Waals surface area contributed by atoms with Crippen LogP contribution in [0.1, 0.15) is 15.4 Å². The first-order chi connectivity index (χ1) is 12.2. The predicted molar refractivity (Wildman–Crippen MR) is 101 cm³/mol. The Labute approximate surface area is 150 Å². The molecule has 128 valence electrons. The van der Waals surface area contributed by atoms with Crippen molar-refractivity contribution in [2.75, 3.05) is 31.1 Å². The molecule has 0 amide bonds. The van der Waals surface area contributed by atoms with E-state index in [0.717, 1.165) is 48.9 Å². The highest BCUT2D eigenvalue weighted by Gasteiger charge is 2.21. The maximum atomic E-state index is 11.4. The van der Waals surface area contributed by atoms with E-state index < -0.39 is 5.97 Å². The van der Waals surface area contributed by atoms with Crippen LogP contribution in [0, 0.1) is 0 Å².